The van der Waals surface area contributed by atoms with E-state index >= 15 is 0 Å². The second-order valence-electron chi connectivity index (χ2n) is 4.44. The summed E-state index contributed by atoms with van der Waals surface area (Å²) in [4.78, 5) is 22.5. The Hall–Kier alpha value is -2.60. The van der Waals surface area contributed by atoms with Crippen molar-refractivity contribution in [1.82, 2.24) is 0 Å². The van der Waals surface area contributed by atoms with Crippen molar-refractivity contribution in [3.63, 3.8) is 0 Å². The van der Waals surface area contributed by atoms with E-state index in [1.165, 1.54) is 24.3 Å². The van der Waals surface area contributed by atoms with Crippen LogP contribution in [0.3, 0.4) is 0 Å². The maximum atomic E-state index is 12.1. The summed E-state index contributed by atoms with van der Waals surface area (Å²) in [5.41, 5.74) is 7.19. The zero-order valence-electron chi connectivity index (χ0n) is 11.1. The van der Waals surface area contributed by atoms with E-state index in [0.29, 0.717) is 16.3 Å². The van der Waals surface area contributed by atoms with E-state index in [4.69, 9.17) is 17.3 Å². The first-order chi connectivity index (χ1) is 9.88. The van der Waals surface area contributed by atoms with Crippen molar-refractivity contribution in [1.29, 1.82) is 0 Å². The van der Waals surface area contributed by atoms with E-state index in [2.05, 4.69) is 5.32 Å². The van der Waals surface area contributed by atoms with Gasteiger partial charge in [-0.25, -0.2) is 0 Å². The number of hydrogen-bond donors (Lipinski definition) is 2. The zero-order valence-corrected chi connectivity index (χ0v) is 11.8. The molecule has 3 N–H and O–H groups in total. The molecule has 1 amide bonds. The van der Waals surface area contributed by atoms with Crippen LogP contribution in [0.5, 0.6) is 0 Å². The molecular weight excluding hydrogens is 294 g/mol. The zero-order chi connectivity index (χ0) is 15.6. The van der Waals surface area contributed by atoms with Crippen LogP contribution in [0.1, 0.15) is 15.9 Å². The van der Waals surface area contributed by atoms with Gasteiger partial charge in [0.25, 0.3) is 11.6 Å². The lowest BCUT2D eigenvalue weighted by atomic mass is 10.1. The molecule has 0 atom stereocenters. The summed E-state index contributed by atoms with van der Waals surface area (Å²) >= 11 is 5.80. The van der Waals surface area contributed by atoms with Gasteiger partial charge in [0.2, 0.25) is 0 Å². The van der Waals surface area contributed by atoms with Gasteiger partial charge in [0, 0.05) is 22.3 Å². The molecule has 0 radical (unpaired) electrons. The highest BCUT2D eigenvalue weighted by Gasteiger charge is 2.17. The molecule has 108 valence electrons. The maximum Gasteiger partial charge on any atom is 0.292 e. The highest BCUT2D eigenvalue weighted by Crippen LogP contribution is 2.28. The Bertz CT molecular complexity index is 731. The number of anilines is 2. The molecule has 0 aromatic heterocycles. The summed E-state index contributed by atoms with van der Waals surface area (Å²) in [5.74, 6) is -0.493. The van der Waals surface area contributed by atoms with Crippen LogP contribution in [0.25, 0.3) is 0 Å². The van der Waals surface area contributed by atoms with Crippen LogP contribution in [-0.4, -0.2) is 10.8 Å². The van der Waals surface area contributed by atoms with Crippen LogP contribution in [0.4, 0.5) is 17.1 Å². The molecule has 0 spiro atoms. The van der Waals surface area contributed by atoms with Crippen LogP contribution in [-0.2, 0) is 0 Å². The molecule has 0 unspecified atom stereocenters. The number of benzene rings is 2. The van der Waals surface area contributed by atoms with Gasteiger partial charge in [-0.1, -0.05) is 17.7 Å². The third kappa shape index (κ3) is 3.29. The summed E-state index contributed by atoms with van der Waals surface area (Å²) < 4.78 is 0. The quantitative estimate of drug-likeness (QED) is 0.516. The Balaban J connectivity index is 2.33. The van der Waals surface area contributed by atoms with Crippen molar-refractivity contribution < 1.29 is 9.72 Å². The fraction of sp³-hybridized carbons (Fsp3) is 0.0714. The number of amides is 1. The molecule has 0 heterocycles. The summed E-state index contributed by atoms with van der Waals surface area (Å²) in [6.07, 6.45) is 0. The number of aryl methyl sites for hydroxylation is 1. The molecule has 0 fully saturated rings. The van der Waals surface area contributed by atoms with Crippen molar-refractivity contribution in [2.24, 2.45) is 0 Å². The van der Waals surface area contributed by atoms with Gasteiger partial charge < -0.3 is 11.1 Å². The first kappa shape index (κ1) is 14.8. The number of nitrogen functional groups attached to an aromatic ring is 1. The van der Waals surface area contributed by atoms with E-state index in [0.717, 1.165) is 5.56 Å². The van der Waals surface area contributed by atoms with Crippen LogP contribution >= 0.6 is 11.6 Å². The number of nitrogens with two attached hydrogens (primary N) is 1. The molecule has 6 nitrogen and oxygen atoms in total. The summed E-state index contributed by atoms with van der Waals surface area (Å²) in [6.45, 7) is 1.82. The minimum absolute atomic E-state index is 0.0386. The van der Waals surface area contributed by atoms with Crippen molar-refractivity contribution in [2.75, 3.05) is 11.1 Å². The third-order valence-electron chi connectivity index (χ3n) is 2.94. The number of nitro benzene ring substituents is 1. The lowest BCUT2D eigenvalue weighted by Crippen LogP contribution is -2.13. The molecule has 0 aliphatic carbocycles. The van der Waals surface area contributed by atoms with Gasteiger partial charge in [-0.3, -0.25) is 14.9 Å². The summed E-state index contributed by atoms with van der Waals surface area (Å²) in [6, 6.07) is 8.77. The largest absolute Gasteiger partial charge is 0.398 e. The molecule has 0 saturated carbocycles. The molecule has 0 saturated heterocycles. The van der Waals surface area contributed by atoms with Gasteiger partial charge >= 0.3 is 0 Å². The lowest BCUT2D eigenvalue weighted by Gasteiger charge is -2.08. The minimum atomic E-state index is -0.588. The fourth-order valence-electron chi connectivity index (χ4n) is 1.74. The number of rotatable bonds is 3. The van der Waals surface area contributed by atoms with Crippen LogP contribution in [0, 0.1) is 17.0 Å². The Morgan fingerprint density at radius 1 is 1.29 bits per heavy atom. The van der Waals surface area contributed by atoms with Gasteiger partial charge in [0.15, 0.2) is 0 Å². The Morgan fingerprint density at radius 2 is 2.00 bits per heavy atom. The average Bonchev–Trinajstić information content (AvgIpc) is 2.41. The predicted octanol–water partition coefficient (Wildman–Crippen LogP) is 3.39. The highest BCUT2D eigenvalue weighted by molar-refractivity contribution is 6.31. The predicted molar refractivity (Wildman–Crippen MR) is 81.7 cm³/mol. The molecule has 0 bridgehead atoms. The second kappa shape index (κ2) is 5.80. The van der Waals surface area contributed by atoms with Gasteiger partial charge in [-0.2, -0.15) is 0 Å². The van der Waals surface area contributed by atoms with E-state index in [9.17, 15) is 14.9 Å². The van der Waals surface area contributed by atoms with Gasteiger partial charge in [-0.05, 0) is 36.8 Å². The lowest BCUT2D eigenvalue weighted by molar-refractivity contribution is -0.383. The summed E-state index contributed by atoms with van der Waals surface area (Å²) in [7, 11) is 0. The smallest absolute Gasteiger partial charge is 0.292 e. The van der Waals surface area contributed by atoms with Gasteiger partial charge in [-0.15, -0.1) is 0 Å². The van der Waals surface area contributed by atoms with E-state index in [1.807, 2.05) is 6.92 Å². The number of carbonyl (C=O) groups is 1. The van der Waals surface area contributed by atoms with Crippen LogP contribution in [0.2, 0.25) is 5.02 Å². The number of carbonyl (C=O) groups excluding carboxylic acids is 1. The van der Waals surface area contributed by atoms with Crippen LogP contribution < -0.4 is 11.1 Å². The Kier molecular flexibility index (Phi) is 4.09. The molecular formula is C14H12ClN3O3. The monoisotopic (exact) mass is 305 g/mol. The fourth-order valence-corrected chi connectivity index (χ4v) is 1.92. The minimum Gasteiger partial charge on any atom is -0.398 e. The summed E-state index contributed by atoms with van der Waals surface area (Å²) in [5, 5.41) is 13.7. The number of halogens is 1. The maximum absolute atomic E-state index is 12.1. The number of nitrogens with zero attached hydrogens (tertiary/aromatic N) is 1. The highest BCUT2D eigenvalue weighted by atomic mass is 35.5. The van der Waals surface area contributed by atoms with E-state index in [-0.39, 0.29) is 11.4 Å². The topological polar surface area (TPSA) is 98.3 Å². The number of hydrogen-bond acceptors (Lipinski definition) is 4. The second-order valence-corrected chi connectivity index (χ2v) is 4.88. The van der Waals surface area contributed by atoms with E-state index in [1.54, 1.807) is 12.1 Å². The SMILES string of the molecule is Cc1ccc(C(=O)Nc2cc(Cl)ccc2[N+](=O)[O-])cc1N. The standard InChI is InChI=1S/C14H12ClN3O3/c1-8-2-3-9(6-11(8)16)14(19)17-12-7-10(15)4-5-13(12)18(20)21/h2-7H,16H2,1H3,(H,17,19). The first-order valence-corrected chi connectivity index (χ1v) is 6.37. The van der Waals surface area contributed by atoms with Gasteiger partial charge in [0.05, 0.1) is 4.92 Å². The normalized spacial score (nSPS) is 10.2. The number of nitro groups is 1. The first-order valence-electron chi connectivity index (χ1n) is 6.00. The molecule has 21 heavy (non-hydrogen) atoms. The number of nitrogens with one attached hydrogen (secondary N) is 1. The Morgan fingerprint density at radius 3 is 2.62 bits per heavy atom. The molecule has 0 aliphatic rings. The molecule has 2 rings (SSSR count). The van der Waals surface area contributed by atoms with Gasteiger partial charge in [0.1, 0.15) is 5.69 Å². The van der Waals surface area contributed by atoms with Crippen molar-refractivity contribution in [3.05, 3.63) is 62.7 Å². The average molecular weight is 306 g/mol. The van der Waals surface area contributed by atoms with E-state index < -0.39 is 10.8 Å². The van der Waals surface area contributed by atoms with Crippen LogP contribution in [0.15, 0.2) is 36.4 Å². The molecule has 7 heteroatoms. The van der Waals surface area contributed by atoms with Crippen molar-refractivity contribution >= 4 is 34.6 Å². The third-order valence-corrected chi connectivity index (χ3v) is 3.18. The van der Waals surface area contributed by atoms with Crippen molar-refractivity contribution in [2.45, 2.75) is 6.92 Å². The molecule has 0 aliphatic heterocycles. The molecule has 2 aromatic carbocycles. The molecule has 2 aromatic rings. The Labute approximate surface area is 125 Å². The van der Waals surface area contributed by atoms with Crippen molar-refractivity contribution in [3.8, 4) is 0 Å².